The zero-order chi connectivity index (χ0) is 15.1. The Bertz CT molecular complexity index is 437. The van der Waals surface area contributed by atoms with Gasteiger partial charge in [0.25, 0.3) is 0 Å². The molecule has 0 aliphatic carbocycles. The van der Waals surface area contributed by atoms with Gasteiger partial charge in [-0.05, 0) is 37.7 Å². The number of nitrogens with two attached hydrogens (primary N) is 1. The monoisotopic (exact) mass is 311 g/mol. The summed E-state index contributed by atoms with van der Waals surface area (Å²) in [5.41, 5.74) is 2.52. The quantitative estimate of drug-likeness (QED) is 0.379. The summed E-state index contributed by atoms with van der Waals surface area (Å²) in [7, 11) is 0. The largest absolute Gasteiger partial charge is 0.352 e. The van der Waals surface area contributed by atoms with Crippen molar-refractivity contribution >= 4 is 29.6 Å². The van der Waals surface area contributed by atoms with Gasteiger partial charge in [-0.15, -0.1) is 0 Å². The van der Waals surface area contributed by atoms with Crippen molar-refractivity contribution in [2.75, 3.05) is 40.2 Å². The maximum Gasteiger partial charge on any atom is 0.243 e. The number of nitrogens with zero attached hydrogens (tertiary/aromatic N) is 4. The molecular formula is C13H25N7S. The molecule has 0 saturated carbocycles. The van der Waals surface area contributed by atoms with Gasteiger partial charge in [-0.25, -0.2) is 5.84 Å². The molecule has 118 valence electrons. The van der Waals surface area contributed by atoms with Crippen molar-refractivity contribution in [2.45, 2.75) is 39.2 Å². The van der Waals surface area contributed by atoms with Gasteiger partial charge in [-0.3, -0.25) is 5.43 Å². The molecule has 1 saturated heterocycles. The predicted octanol–water partition coefficient (Wildman–Crippen LogP) is 1.70. The van der Waals surface area contributed by atoms with Crippen molar-refractivity contribution in [1.82, 2.24) is 15.0 Å². The molecule has 0 bridgehead atoms. The molecule has 1 atom stereocenters. The average Bonchev–Trinajstić information content (AvgIpc) is 3.01. The van der Waals surface area contributed by atoms with Crippen LogP contribution in [0.25, 0.3) is 0 Å². The van der Waals surface area contributed by atoms with Crippen LogP contribution in [0.15, 0.2) is 0 Å². The molecule has 1 aromatic rings. The predicted molar refractivity (Wildman–Crippen MR) is 89.8 cm³/mol. The number of nitrogens with one attached hydrogen (secondary N) is 2. The summed E-state index contributed by atoms with van der Waals surface area (Å²) >= 11 is 1.94. The lowest BCUT2D eigenvalue weighted by molar-refractivity contribution is 0.755. The smallest absolute Gasteiger partial charge is 0.243 e. The number of hydrogen-bond donors (Lipinski definition) is 3. The second-order valence-corrected chi connectivity index (χ2v) is 6.55. The van der Waals surface area contributed by atoms with E-state index in [1.807, 2.05) is 11.8 Å². The minimum atomic E-state index is 0.323. The summed E-state index contributed by atoms with van der Waals surface area (Å²) < 4.78 is 0. The number of aromatic nitrogens is 3. The standard InChI is InChI=1S/C13H25N7S/c1-3-21-9-6-10(2)15-11-16-12(19-14)18-13(17-11)20-7-4-5-8-20/h10H,3-9,14H2,1-2H3,(H2,15,16,17,18,19). The molecule has 21 heavy (non-hydrogen) atoms. The molecule has 8 heteroatoms. The number of hydrogen-bond acceptors (Lipinski definition) is 8. The van der Waals surface area contributed by atoms with Gasteiger partial charge in [0.2, 0.25) is 17.8 Å². The van der Waals surface area contributed by atoms with Crippen LogP contribution in [-0.2, 0) is 0 Å². The van der Waals surface area contributed by atoms with E-state index in [9.17, 15) is 0 Å². The Morgan fingerprint density at radius 2 is 1.95 bits per heavy atom. The Hall–Kier alpha value is -1.28. The number of anilines is 3. The highest BCUT2D eigenvalue weighted by Gasteiger charge is 2.17. The topological polar surface area (TPSA) is 92.0 Å². The lowest BCUT2D eigenvalue weighted by atomic mass is 10.3. The van der Waals surface area contributed by atoms with Crippen molar-refractivity contribution in [2.24, 2.45) is 5.84 Å². The van der Waals surface area contributed by atoms with Gasteiger partial charge in [0.15, 0.2) is 0 Å². The molecule has 0 amide bonds. The third-order valence-electron chi connectivity index (χ3n) is 3.42. The summed E-state index contributed by atoms with van der Waals surface area (Å²) in [6.07, 6.45) is 3.45. The second kappa shape index (κ2) is 8.23. The van der Waals surface area contributed by atoms with Crippen molar-refractivity contribution < 1.29 is 0 Å². The highest BCUT2D eigenvalue weighted by Crippen LogP contribution is 2.19. The molecule has 0 spiro atoms. The van der Waals surface area contributed by atoms with Crippen LogP contribution >= 0.6 is 11.8 Å². The number of hydrazine groups is 1. The van der Waals surface area contributed by atoms with Crippen LogP contribution in [0, 0.1) is 0 Å². The summed E-state index contributed by atoms with van der Waals surface area (Å²) in [4.78, 5) is 15.3. The lowest BCUT2D eigenvalue weighted by Crippen LogP contribution is -2.25. The summed E-state index contributed by atoms with van der Waals surface area (Å²) in [6.45, 7) is 6.31. The fourth-order valence-electron chi connectivity index (χ4n) is 2.25. The highest BCUT2D eigenvalue weighted by molar-refractivity contribution is 7.99. The van der Waals surface area contributed by atoms with E-state index < -0.39 is 0 Å². The lowest BCUT2D eigenvalue weighted by Gasteiger charge is -2.18. The van der Waals surface area contributed by atoms with E-state index in [0.29, 0.717) is 23.9 Å². The van der Waals surface area contributed by atoms with E-state index in [1.165, 1.54) is 12.8 Å². The summed E-state index contributed by atoms with van der Waals surface area (Å²) in [6, 6.07) is 0.323. The van der Waals surface area contributed by atoms with Crippen LogP contribution in [0.2, 0.25) is 0 Å². The van der Waals surface area contributed by atoms with Gasteiger partial charge < -0.3 is 10.2 Å². The first-order chi connectivity index (χ1) is 10.2. The molecule has 4 N–H and O–H groups in total. The van der Waals surface area contributed by atoms with Crippen molar-refractivity contribution in [1.29, 1.82) is 0 Å². The van der Waals surface area contributed by atoms with Gasteiger partial charge in [0.1, 0.15) is 0 Å². The maximum atomic E-state index is 5.46. The molecule has 2 rings (SSSR count). The van der Waals surface area contributed by atoms with Crippen LogP contribution < -0.4 is 21.5 Å². The van der Waals surface area contributed by atoms with E-state index in [2.05, 4.69) is 44.4 Å². The maximum absolute atomic E-state index is 5.46. The van der Waals surface area contributed by atoms with Crippen LogP contribution in [0.3, 0.4) is 0 Å². The van der Waals surface area contributed by atoms with Gasteiger partial charge >= 0.3 is 0 Å². The van der Waals surface area contributed by atoms with Crippen LogP contribution in [0.5, 0.6) is 0 Å². The zero-order valence-electron chi connectivity index (χ0n) is 12.8. The Labute approximate surface area is 130 Å². The Morgan fingerprint density at radius 1 is 1.24 bits per heavy atom. The minimum Gasteiger partial charge on any atom is -0.352 e. The SMILES string of the molecule is CCSCCC(C)Nc1nc(NN)nc(N2CCCC2)n1. The number of thioether (sulfide) groups is 1. The molecule has 1 fully saturated rings. The molecule has 0 radical (unpaired) electrons. The molecule has 7 nitrogen and oxygen atoms in total. The van der Waals surface area contributed by atoms with Gasteiger partial charge in [-0.1, -0.05) is 6.92 Å². The zero-order valence-corrected chi connectivity index (χ0v) is 13.6. The molecule has 2 heterocycles. The highest BCUT2D eigenvalue weighted by atomic mass is 32.2. The van der Waals surface area contributed by atoms with Crippen LogP contribution in [0.1, 0.15) is 33.1 Å². The third-order valence-corrected chi connectivity index (χ3v) is 4.35. The Kier molecular flexibility index (Phi) is 6.31. The second-order valence-electron chi connectivity index (χ2n) is 5.15. The fourth-order valence-corrected chi connectivity index (χ4v) is 3.06. The van der Waals surface area contributed by atoms with E-state index in [-0.39, 0.29) is 0 Å². The van der Waals surface area contributed by atoms with Gasteiger partial charge in [0, 0.05) is 19.1 Å². The molecule has 1 aromatic heterocycles. The van der Waals surface area contributed by atoms with Crippen molar-refractivity contribution in [3.8, 4) is 0 Å². The molecule has 1 aliphatic heterocycles. The van der Waals surface area contributed by atoms with Crippen molar-refractivity contribution in [3.05, 3.63) is 0 Å². The van der Waals surface area contributed by atoms with E-state index >= 15 is 0 Å². The molecule has 1 unspecified atom stereocenters. The molecular weight excluding hydrogens is 286 g/mol. The number of rotatable bonds is 8. The van der Waals surface area contributed by atoms with Gasteiger partial charge in [0.05, 0.1) is 0 Å². The van der Waals surface area contributed by atoms with E-state index in [0.717, 1.165) is 31.0 Å². The first-order valence-corrected chi connectivity index (χ1v) is 8.70. The first kappa shape index (κ1) is 16.1. The average molecular weight is 311 g/mol. The summed E-state index contributed by atoms with van der Waals surface area (Å²) in [5, 5.41) is 3.34. The normalized spacial score (nSPS) is 16.0. The van der Waals surface area contributed by atoms with Gasteiger partial charge in [-0.2, -0.15) is 26.7 Å². The fraction of sp³-hybridized carbons (Fsp3) is 0.769. The van der Waals surface area contributed by atoms with E-state index in [1.54, 1.807) is 0 Å². The summed E-state index contributed by atoms with van der Waals surface area (Å²) in [5.74, 6) is 9.45. The van der Waals surface area contributed by atoms with Crippen LogP contribution in [0.4, 0.5) is 17.8 Å². The first-order valence-electron chi connectivity index (χ1n) is 7.55. The van der Waals surface area contributed by atoms with Crippen molar-refractivity contribution in [3.63, 3.8) is 0 Å². The van der Waals surface area contributed by atoms with Crippen LogP contribution in [-0.4, -0.2) is 45.6 Å². The Morgan fingerprint density at radius 3 is 2.62 bits per heavy atom. The Balaban J connectivity index is 2.02. The number of nitrogen functional groups attached to an aromatic ring is 1. The molecule has 0 aromatic carbocycles. The third kappa shape index (κ3) is 4.89. The molecule has 1 aliphatic rings. The minimum absolute atomic E-state index is 0.323. The van der Waals surface area contributed by atoms with E-state index in [4.69, 9.17) is 5.84 Å².